The number of hydrogen-bond acceptors (Lipinski definition) is 3. The molecule has 3 heteroatoms. The quantitative estimate of drug-likeness (QED) is 0.793. The van der Waals surface area contributed by atoms with Crippen LogP contribution in [-0.4, -0.2) is 43.1 Å². The zero-order valence-electron chi connectivity index (χ0n) is 10.5. The summed E-state index contributed by atoms with van der Waals surface area (Å²) in [6.07, 6.45) is 6.55. The number of rotatable bonds is 1. The summed E-state index contributed by atoms with van der Waals surface area (Å²) in [5, 5.41) is 3.60. The van der Waals surface area contributed by atoms with Crippen molar-refractivity contribution in [1.29, 1.82) is 0 Å². The standard InChI is InChI=1S/C14H21N3/c1-17-7-4-14(5-8-17)11-16-10-13(14)12-3-2-6-15-9-12/h2-3,6,9,13,16H,4-5,7-8,10-11H2,1H3. The van der Waals surface area contributed by atoms with Gasteiger partial charge < -0.3 is 10.2 Å². The van der Waals surface area contributed by atoms with Gasteiger partial charge in [0.05, 0.1) is 0 Å². The average Bonchev–Trinajstić information content (AvgIpc) is 2.78. The summed E-state index contributed by atoms with van der Waals surface area (Å²) in [5.74, 6) is 0.657. The lowest BCUT2D eigenvalue weighted by Gasteiger charge is -2.41. The van der Waals surface area contributed by atoms with E-state index >= 15 is 0 Å². The molecule has 0 radical (unpaired) electrons. The van der Waals surface area contributed by atoms with E-state index in [1.807, 2.05) is 6.20 Å². The minimum absolute atomic E-state index is 0.482. The Hall–Kier alpha value is -0.930. The molecule has 2 fully saturated rings. The van der Waals surface area contributed by atoms with Crippen molar-refractivity contribution in [3.63, 3.8) is 0 Å². The first kappa shape index (κ1) is 11.2. The van der Waals surface area contributed by atoms with Crippen LogP contribution >= 0.6 is 0 Å². The van der Waals surface area contributed by atoms with E-state index in [4.69, 9.17) is 0 Å². The van der Waals surface area contributed by atoms with Crippen LogP contribution in [0, 0.1) is 5.41 Å². The van der Waals surface area contributed by atoms with Crippen LogP contribution in [0.5, 0.6) is 0 Å². The largest absolute Gasteiger partial charge is 0.316 e. The molecule has 17 heavy (non-hydrogen) atoms. The maximum atomic E-state index is 4.28. The first-order chi connectivity index (χ1) is 8.30. The van der Waals surface area contributed by atoms with Gasteiger partial charge in [-0.25, -0.2) is 0 Å². The van der Waals surface area contributed by atoms with Gasteiger partial charge in [0.2, 0.25) is 0 Å². The third-order valence-electron chi connectivity index (χ3n) is 4.63. The van der Waals surface area contributed by atoms with Crippen LogP contribution in [0.25, 0.3) is 0 Å². The Labute approximate surface area is 103 Å². The molecule has 1 atom stereocenters. The summed E-state index contributed by atoms with van der Waals surface area (Å²) >= 11 is 0. The van der Waals surface area contributed by atoms with Gasteiger partial charge in [0.1, 0.15) is 0 Å². The Bertz CT molecular complexity index is 368. The van der Waals surface area contributed by atoms with Crippen molar-refractivity contribution in [2.24, 2.45) is 5.41 Å². The lowest BCUT2D eigenvalue weighted by molar-refractivity contribution is 0.124. The van der Waals surface area contributed by atoms with Crippen LogP contribution in [0.3, 0.4) is 0 Å². The molecule has 0 amide bonds. The van der Waals surface area contributed by atoms with Crippen molar-refractivity contribution in [1.82, 2.24) is 15.2 Å². The predicted molar refractivity (Wildman–Crippen MR) is 69.0 cm³/mol. The van der Waals surface area contributed by atoms with E-state index in [1.54, 1.807) is 0 Å². The highest BCUT2D eigenvalue weighted by molar-refractivity contribution is 5.22. The third-order valence-corrected chi connectivity index (χ3v) is 4.63. The van der Waals surface area contributed by atoms with Gasteiger partial charge in [-0.3, -0.25) is 4.98 Å². The van der Waals surface area contributed by atoms with Crippen molar-refractivity contribution in [2.75, 3.05) is 33.2 Å². The van der Waals surface area contributed by atoms with E-state index in [1.165, 1.54) is 38.0 Å². The van der Waals surface area contributed by atoms with E-state index < -0.39 is 0 Å². The molecule has 1 aromatic heterocycles. The van der Waals surface area contributed by atoms with Crippen LogP contribution in [0.15, 0.2) is 24.5 Å². The van der Waals surface area contributed by atoms with Crippen molar-refractivity contribution in [3.8, 4) is 0 Å². The third kappa shape index (κ3) is 1.98. The van der Waals surface area contributed by atoms with Gasteiger partial charge in [0, 0.05) is 31.4 Å². The highest BCUT2D eigenvalue weighted by atomic mass is 15.1. The Balaban J connectivity index is 1.85. The number of likely N-dealkylation sites (tertiary alicyclic amines) is 1. The molecule has 0 aliphatic carbocycles. The van der Waals surface area contributed by atoms with Crippen LogP contribution < -0.4 is 5.32 Å². The Morgan fingerprint density at radius 3 is 2.94 bits per heavy atom. The topological polar surface area (TPSA) is 28.2 Å². The van der Waals surface area contributed by atoms with Gasteiger partial charge in [-0.05, 0) is 50.0 Å². The summed E-state index contributed by atoms with van der Waals surface area (Å²) < 4.78 is 0. The molecule has 2 aliphatic rings. The molecular formula is C14H21N3. The van der Waals surface area contributed by atoms with Gasteiger partial charge in [0.25, 0.3) is 0 Å². The molecule has 0 bridgehead atoms. The van der Waals surface area contributed by atoms with Crippen molar-refractivity contribution < 1.29 is 0 Å². The van der Waals surface area contributed by atoms with Crippen LogP contribution in [-0.2, 0) is 0 Å². The molecule has 1 spiro atoms. The lowest BCUT2D eigenvalue weighted by atomic mass is 9.69. The maximum absolute atomic E-state index is 4.28. The lowest BCUT2D eigenvalue weighted by Crippen LogP contribution is -2.41. The second kappa shape index (κ2) is 4.39. The molecule has 1 N–H and O–H groups in total. The first-order valence-corrected chi connectivity index (χ1v) is 6.59. The summed E-state index contributed by atoms with van der Waals surface area (Å²) in [6, 6.07) is 4.31. The number of nitrogens with zero attached hydrogens (tertiary/aromatic N) is 2. The smallest absolute Gasteiger partial charge is 0.0303 e. The molecule has 3 heterocycles. The van der Waals surface area contributed by atoms with Crippen molar-refractivity contribution >= 4 is 0 Å². The predicted octanol–water partition coefficient (Wildman–Crippen LogP) is 1.48. The zero-order valence-corrected chi connectivity index (χ0v) is 10.5. The maximum Gasteiger partial charge on any atom is 0.0303 e. The van der Waals surface area contributed by atoms with Gasteiger partial charge in [-0.1, -0.05) is 6.07 Å². The summed E-state index contributed by atoms with van der Waals surface area (Å²) in [6.45, 7) is 4.77. The average molecular weight is 231 g/mol. The minimum Gasteiger partial charge on any atom is -0.316 e. The number of nitrogens with one attached hydrogen (secondary N) is 1. The molecule has 3 rings (SSSR count). The van der Waals surface area contributed by atoms with E-state index in [-0.39, 0.29) is 0 Å². The molecule has 0 aromatic carbocycles. The molecule has 1 aromatic rings. The van der Waals surface area contributed by atoms with E-state index in [0.29, 0.717) is 11.3 Å². The Kier molecular flexibility index (Phi) is 2.89. The first-order valence-electron chi connectivity index (χ1n) is 6.59. The Morgan fingerprint density at radius 2 is 2.24 bits per heavy atom. The highest BCUT2D eigenvalue weighted by Gasteiger charge is 2.44. The summed E-state index contributed by atoms with van der Waals surface area (Å²) in [4.78, 5) is 6.73. The molecule has 2 saturated heterocycles. The fourth-order valence-electron chi connectivity index (χ4n) is 3.45. The molecule has 92 valence electrons. The molecule has 2 aliphatic heterocycles. The molecule has 3 nitrogen and oxygen atoms in total. The minimum atomic E-state index is 0.482. The SMILES string of the molecule is CN1CCC2(CC1)CNCC2c1cccnc1. The summed E-state index contributed by atoms with van der Waals surface area (Å²) in [5.41, 5.74) is 1.90. The van der Waals surface area contributed by atoms with Crippen LogP contribution in [0.2, 0.25) is 0 Å². The molecule has 1 unspecified atom stereocenters. The van der Waals surface area contributed by atoms with E-state index in [9.17, 15) is 0 Å². The Morgan fingerprint density at radius 1 is 1.41 bits per heavy atom. The van der Waals surface area contributed by atoms with Gasteiger partial charge >= 0.3 is 0 Å². The van der Waals surface area contributed by atoms with Crippen LogP contribution in [0.4, 0.5) is 0 Å². The number of aromatic nitrogens is 1. The van der Waals surface area contributed by atoms with Crippen LogP contribution in [0.1, 0.15) is 24.3 Å². The summed E-state index contributed by atoms with van der Waals surface area (Å²) in [7, 11) is 2.23. The number of piperidine rings is 1. The normalized spacial score (nSPS) is 28.6. The van der Waals surface area contributed by atoms with Gasteiger partial charge in [-0.15, -0.1) is 0 Å². The second-order valence-electron chi connectivity index (χ2n) is 5.64. The molecular weight excluding hydrogens is 210 g/mol. The number of pyridine rings is 1. The molecule has 0 saturated carbocycles. The van der Waals surface area contributed by atoms with Crippen molar-refractivity contribution in [2.45, 2.75) is 18.8 Å². The van der Waals surface area contributed by atoms with Gasteiger partial charge in [-0.2, -0.15) is 0 Å². The van der Waals surface area contributed by atoms with E-state index in [0.717, 1.165) is 6.54 Å². The number of hydrogen-bond donors (Lipinski definition) is 1. The zero-order chi connectivity index (χ0) is 11.7. The van der Waals surface area contributed by atoms with Gasteiger partial charge in [0.15, 0.2) is 0 Å². The highest BCUT2D eigenvalue weighted by Crippen LogP contribution is 2.46. The van der Waals surface area contributed by atoms with E-state index in [2.05, 4.69) is 40.6 Å². The van der Waals surface area contributed by atoms with Crippen molar-refractivity contribution in [3.05, 3.63) is 30.1 Å². The fraction of sp³-hybridized carbons (Fsp3) is 0.643. The monoisotopic (exact) mass is 231 g/mol. The fourth-order valence-corrected chi connectivity index (χ4v) is 3.45. The second-order valence-corrected chi connectivity index (χ2v) is 5.64.